The molecule has 2 amide bonds. The van der Waals surface area contributed by atoms with Crippen molar-refractivity contribution in [3.05, 3.63) is 17.5 Å². The van der Waals surface area contributed by atoms with E-state index in [-0.39, 0.29) is 24.0 Å². The van der Waals surface area contributed by atoms with E-state index in [2.05, 4.69) is 10.4 Å². The lowest BCUT2D eigenvalue weighted by atomic mass is 9.80. The van der Waals surface area contributed by atoms with Gasteiger partial charge >= 0.3 is 6.09 Å². The van der Waals surface area contributed by atoms with Crippen molar-refractivity contribution >= 4 is 12.0 Å². The predicted octanol–water partition coefficient (Wildman–Crippen LogP) is 1.26. The number of fused-ring (bicyclic) bond motifs is 1. The minimum absolute atomic E-state index is 0.0576. The highest BCUT2D eigenvalue weighted by Crippen LogP contribution is 2.38. The molecule has 1 N–H and O–H groups in total. The molecule has 23 heavy (non-hydrogen) atoms. The third kappa shape index (κ3) is 2.48. The van der Waals surface area contributed by atoms with Crippen LogP contribution >= 0.6 is 0 Å². The quantitative estimate of drug-likeness (QED) is 0.890. The normalized spacial score (nSPS) is 27.7. The molecule has 3 heterocycles. The molecule has 1 saturated carbocycles. The number of aryl methyl sites for hydroxylation is 1. The molecule has 1 aromatic heterocycles. The second-order valence-electron chi connectivity index (χ2n) is 6.85. The highest BCUT2D eigenvalue weighted by molar-refractivity contribution is 5.94. The maximum atomic E-state index is 13.0. The third-order valence-corrected chi connectivity index (χ3v) is 5.47. The van der Waals surface area contributed by atoms with E-state index in [1.54, 1.807) is 4.68 Å². The number of ether oxygens (including phenoxy) is 1. The van der Waals surface area contributed by atoms with Crippen LogP contribution in [0.15, 0.2) is 6.20 Å². The van der Waals surface area contributed by atoms with E-state index in [4.69, 9.17) is 4.74 Å². The van der Waals surface area contributed by atoms with Crippen molar-refractivity contribution in [2.24, 2.45) is 13.0 Å². The number of carbonyl (C=O) groups is 2. The summed E-state index contributed by atoms with van der Waals surface area (Å²) >= 11 is 0. The topological polar surface area (TPSA) is 76.5 Å². The van der Waals surface area contributed by atoms with Gasteiger partial charge in [-0.2, -0.15) is 5.10 Å². The Balaban J connectivity index is 1.51. The number of amides is 2. The summed E-state index contributed by atoms with van der Waals surface area (Å²) in [6.45, 7) is 1.68. The summed E-state index contributed by atoms with van der Waals surface area (Å²) in [4.78, 5) is 26.2. The molecule has 1 aromatic rings. The molecule has 124 valence electrons. The van der Waals surface area contributed by atoms with E-state index in [9.17, 15) is 9.59 Å². The van der Waals surface area contributed by atoms with Crippen molar-refractivity contribution in [2.45, 2.75) is 37.6 Å². The fourth-order valence-electron chi connectivity index (χ4n) is 3.84. The molecule has 7 nitrogen and oxygen atoms in total. The molecule has 2 atom stereocenters. The molecule has 0 radical (unpaired) electrons. The van der Waals surface area contributed by atoms with Crippen LogP contribution in [0.2, 0.25) is 0 Å². The van der Waals surface area contributed by atoms with Gasteiger partial charge in [-0.3, -0.25) is 9.48 Å². The molecule has 0 bridgehead atoms. The monoisotopic (exact) mass is 318 g/mol. The Bertz CT molecular complexity index is 637. The molecule has 3 aliphatic rings. The minimum Gasteiger partial charge on any atom is -0.449 e. The lowest BCUT2D eigenvalue weighted by molar-refractivity contribution is 0.0318. The Kier molecular flexibility index (Phi) is 3.50. The lowest BCUT2D eigenvalue weighted by Gasteiger charge is -2.41. The summed E-state index contributed by atoms with van der Waals surface area (Å²) in [5, 5.41) is 7.17. The van der Waals surface area contributed by atoms with Gasteiger partial charge in [-0.15, -0.1) is 0 Å². The molecule has 1 aliphatic carbocycles. The fourth-order valence-corrected chi connectivity index (χ4v) is 3.84. The molecular formula is C16H22N4O3. The minimum atomic E-state index is -0.343. The van der Waals surface area contributed by atoms with E-state index in [1.165, 1.54) is 6.42 Å². The number of nitrogens with zero attached hydrogens (tertiary/aromatic N) is 3. The second-order valence-corrected chi connectivity index (χ2v) is 6.85. The van der Waals surface area contributed by atoms with Crippen LogP contribution in [0, 0.1) is 5.92 Å². The van der Waals surface area contributed by atoms with Gasteiger partial charge in [0.25, 0.3) is 5.91 Å². The van der Waals surface area contributed by atoms with Crippen LogP contribution in [-0.4, -0.2) is 52.4 Å². The third-order valence-electron chi connectivity index (χ3n) is 5.47. The zero-order valence-corrected chi connectivity index (χ0v) is 13.3. The van der Waals surface area contributed by atoms with Gasteiger partial charge < -0.3 is 15.0 Å². The van der Waals surface area contributed by atoms with Crippen LogP contribution in [-0.2, 0) is 11.8 Å². The zero-order valence-electron chi connectivity index (χ0n) is 13.3. The fraction of sp³-hybridized carbons (Fsp3) is 0.688. The van der Waals surface area contributed by atoms with Crippen molar-refractivity contribution in [1.29, 1.82) is 0 Å². The first kappa shape index (κ1) is 14.5. The van der Waals surface area contributed by atoms with Crippen LogP contribution in [0.25, 0.3) is 0 Å². The van der Waals surface area contributed by atoms with Gasteiger partial charge in [0.2, 0.25) is 0 Å². The largest absolute Gasteiger partial charge is 0.449 e. The first-order valence-electron chi connectivity index (χ1n) is 8.38. The van der Waals surface area contributed by atoms with Crippen molar-refractivity contribution in [3.8, 4) is 0 Å². The van der Waals surface area contributed by atoms with Crippen molar-refractivity contribution in [3.63, 3.8) is 0 Å². The number of piperidine rings is 1. The molecule has 7 heteroatoms. The number of alkyl carbamates (subject to hydrolysis) is 1. The van der Waals surface area contributed by atoms with Crippen molar-refractivity contribution in [2.75, 3.05) is 19.7 Å². The smallest absolute Gasteiger partial charge is 0.407 e. The standard InChI is InChI=1S/C16H22N4O3/c1-19-14(12(7-17-19)10-3-2-4-10)15(21)20-6-5-13-11(8-20)9-23-16(22)18-13/h7,10-11,13H,2-6,8-9H2,1H3,(H,18,22)/t11-,13+/m1/s1. The van der Waals surface area contributed by atoms with Gasteiger partial charge in [-0.05, 0) is 25.2 Å². The number of carbonyl (C=O) groups excluding carboxylic acids is 2. The molecular weight excluding hydrogens is 296 g/mol. The van der Waals surface area contributed by atoms with Crippen LogP contribution < -0.4 is 5.32 Å². The number of rotatable bonds is 2. The number of aromatic nitrogens is 2. The summed E-state index contributed by atoms with van der Waals surface area (Å²) in [6, 6.07) is 0.123. The number of hydrogen-bond donors (Lipinski definition) is 1. The Morgan fingerprint density at radius 3 is 2.96 bits per heavy atom. The number of hydrogen-bond acceptors (Lipinski definition) is 4. The van der Waals surface area contributed by atoms with Crippen LogP contribution in [0.4, 0.5) is 4.79 Å². The molecule has 2 saturated heterocycles. The van der Waals surface area contributed by atoms with Crippen molar-refractivity contribution in [1.82, 2.24) is 20.0 Å². The Morgan fingerprint density at radius 1 is 1.39 bits per heavy atom. The first-order chi connectivity index (χ1) is 11.1. The lowest BCUT2D eigenvalue weighted by Crippen LogP contribution is -2.57. The van der Waals surface area contributed by atoms with Gasteiger partial charge in [-0.25, -0.2) is 4.79 Å². The average molecular weight is 318 g/mol. The van der Waals surface area contributed by atoms with E-state index in [0.717, 1.165) is 30.5 Å². The zero-order chi connectivity index (χ0) is 16.0. The highest BCUT2D eigenvalue weighted by Gasteiger charge is 2.38. The summed E-state index contributed by atoms with van der Waals surface area (Å²) in [5.41, 5.74) is 1.83. The summed E-state index contributed by atoms with van der Waals surface area (Å²) in [7, 11) is 1.84. The van der Waals surface area contributed by atoms with Gasteiger partial charge in [0.1, 0.15) is 5.69 Å². The van der Waals surface area contributed by atoms with Gasteiger partial charge in [-0.1, -0.05) is 6.42 Å². The molecule has 2 aliphatic heterocycles. The summed E-state index contributed by atoms with van der Waals surface area (Å²) in [6.07, 6.45) is 5.82. The predicted molar refractivity (Wildman–Crippen MR) is 82.1 cm³/mol. The number of nitrogens with one attached hydrogen (secondary N) is 1. The van der Waals surface area contributed by atoms with E-state index in [0.29, 0.717) is 25.6 Å². The Hall–Kier alpha value is -2.05. The van der Waals surface area contributed by atoms with E-state index in [1.807, 2.05) is 18.1 Å². The van der Waals surface area contributed by atoms with E-state index >= 15 is 0 Å². The molecule has 0 unspecified atom stereocenters. The van der Waals surface area contributed by atoms with Gasteiger partial charge in [0, 0.05) is 37.7 Å². The maximum absolute atomic E-state index is 13.0. The first-order valence-corrected chi connectivity index (χ1v) is 8.38. The molecule has 0 aromatic carbocycles. The summed E-state index contributed by atoms with van der Waals surface area (Å²) < 4.78 is 6.78. The van der Waals surface area contributed by atoms with Crippen LogP contribution in [0.5, 0.6) is 0 Å². The SMILES string of the molecule is Cn1ncc(C2CCC2)c1C(=O)N1CC[C@@H]2NC(=O)OC[C@H]2C1. The molecule has 3 fully saturated rings. The van der Waals surface area contributed by atoms with Crippen LogP contribution in [0.1, 0.15) is 47.7 Å². The van der Waals surface area contributed by atoms with Crippen molar-refractivity contribution < 1.29 is 14.3 Å². The second kappa shape index (κ2) is 5.54. The molecule has 0 spiro atoms. The molecule has 4 rings (SSSR count). The average Bonchev–Trinajstić information content (AvgIpc) is 2.85. The van der Waals surface area contributed by atoms with E-state index < -0.39 is 0 Å². The van der Waals surface area contributed by atoms with Gasteiger partial charge in [0.15, 0.2) is 0 Å². The number of cyclic esters (lactones) is 1. The van der Waals surface area contributed by atoms with Gasteiger partial charge in [0.05, 0.1) is 12.8 Å². The number of likely N-dealkylation sites (tertiary alicyclic amines) is 1. The summed E-state index contributed by atoms with van der Waals surface area (Å²) in [5.74, 6) is 0.713. The Labute approximate surface area is 135 Å². The van der Waals surface area contributed by atoms with Crippen LogP contribution in [0.3, 0.4) is 0 Å². The maximum Gasteiger partial charge on any atom is 0.407 e. The highest BCUT2D eigenvalue weighted by atomic mass is 16.6. The Morgan fingerprint density at radius 2 is 2.22 bits per heavy atom.